The molecule has 0 fully saturated rings. The van der Waals surface area contributed by atoms with E-state index in [0.29, 0.717) is 0 Å². The maximum atomic E-state index is 9.87. The van der Waals surface area contributed by atoms with E-state index >= 15 is 0 Å². The summed E-state index contributed by atoms with van der Waals surface area (Å²) in [5.74, 6) is 0. The summed E-state index contributed by atoms with van der Waals surface area (Å²) in [5.41, 5.74) is 0. The van der Waals surface area contributed by atoms with E-state index in [9.17, 15) is 50.4 Å². The van der Waals surface area contributed by atoms with Crippen molar-refractivity contribution in [3.05, 3.63) is 0 Å². The number of halogens is 12. The van der Waals surface area contributed by atoms with E-state index in [-0.39, 0.29) is 22.5 Å². The van der Waals surface area contributed by atoms with Crippen molar-refractivity contribution in [3.63, 3.8) is 0 Å². The summed E-state index contributed by atoms with van der Waals surface area (Å²) < 4.78 is 118. The van der Waals surface area contributed by atoms with Gasteiger partial charge in [0.15, 0.2) is 0 Å². The molecule has 0 aromatic rings. The van der Waals surface area contributed by atoms with Crippen LogP contribution in [-0.4, -0.2) is 5.48 Å². The predicted molar refractivity (Wildman–Crippen MR) is 30.7 cm³/mol. The maximum Gasteiger partial charge on any atom is 4.00 e. The molecule has 16 heavy (non-hydrogen) atoms. The van der Waals surface area contributed by atoms with Crippen LogP contribution in [0.4, 0.5) is 50.4 Å². The maximum absolute atomic E-state index is 10.7. The van der Waals surface area contributed by atoms with Crippen LogP contribution < -0.4 is 0 Å². The predicted octanol–water partition coefficient (Wildman–Crippen LogP) is 5.94. The van der Waals surface area contributed by atoms with Gasteiger partial charge in [-0.1, -0.05) is 0 Å². The van der Waals surface area contributed by atoms with E-state index in [4.69, 9.17) is 0 Å². The first-order valence-electron chi connectivity index (χ1n) is 2.03. The molecule has 0 rings (SSSR count). The minimum atomic E-state index is -10.7. The van der Waals surface area contributed by atoms with Crippen molar-refractivity contribution in [1.29, 1.82) is 0 Å². The van der Waals surface area contributed by atoms with Gasteiger partial charge in [-0.15, -0.1) is 0 Å². The zero-order valence-corrected chi connectivity index (χ0v) is 9.28. The molecule has 2 N–H and O–H groups in total. The summed E-state index contributed by atoms with van der Waals surface area (Å²) >= 11 is 0. The van der Waals surface area contributed by atoms with Gasteiger partial charge in [0.1, 0.15) is 0 Å². The first-order chi connectivity index (χ1) is 4.90. The van der Waals surface area contributed by atoms with Gasteiger partial charge in [0, 0.05) is 0 Å². The Morgan fingerprint density at radius 3 is 0.375 bits per heavy atom. The molecule has 0 aromatic heterocycles. The van der Waals surface area contributed by atoms with Gasteiger partial charge in [-0.2, -0.15) is 0 Å². The van der Waals surface area contributed by atoms with Crippen molar-refractivity contribution in [2.24, 2.45) is 0 Å². The molecule has 1 nitrogen and oxygen atoms in total. The average Bonchev–Trinajstić information content (AvgIpc) is 0.938. The Hall–Kier alpha value is 0.499. The summed E-state index contributed by atoms with van der Waals surface area (Å²) in [7, 11) is -21.3. The van der Waals surface area contributed by atoms with Gasteiger partial charge in [0.2, 0.25) is 0 Å². The van der Waals surface area contributed by atoms with Crippen molar-refractivity contribution in [2.75, 3.05) is 0 Å². The monoisotopic (exact) mass is 363 g/mol. The van der Waals surface area contributed by atoms with Crippen molar-refractivity contribution in [2.45, 2.75) is 0 Å². The molecule has 0 saturated heterocycles. The molecule has 0 bridgehead atoms. The van der Waals surface area contributed by atoms with Crippen LogP contribution in [0.3, 0.4) is 0 Å². The fraction of sp³-hybridized carbons (Fsp3) is 0. The molecular formula is H2F12MnOP2+2. The van der Waals surface area contributed by atoms with Gasteiger partial charge in [-0.3, -0.25) is 0 Å². The first-order valence-corrected chi connectivity index (χ1v) is 6.09. The van der Waals surface area contributed by atoms with Crippen LogP contribution in [0.25, 0.3) is 0 Å². The van der Waals surface area contributed by atoms with Crippen LogP contribution in [0.15, 0.2) is 0 Å². The summed E-state index contributed by atoms with van der Waals surface area (Å²) in [6, 6.07) is 0. The molecular weight excluding hydrogens is 361 g/mol. The first kappa shape index (κ1) is 25.4. The molecule has 0 atom stereocenters. The Labute approximate surface area is 89.4 Å². The SMILES string of the molecule is F[P-](F)(F)(F)(F)F.F[P-](F)(F)(F)(F)F.O.[Mn+4]. The van der Waals surface area contributed by atoms with Gasteiger partial charge in [-0.05, 0) is 0 Å². The van der Waals surface area contributed by atoms with Crippen molar-refractivity contribution >= 4 is 15.6 Å². The van der Waals surface area contributed by atoms with Crippen molar-refractivity contribution < 1.29 is 72.9 Å². The Bertz CT molecular complexity index is 166. The van der Waals surface area contributed by atoms with Crippen LogP contribution in [0.1, 0.15) is 0 Å². The van der Waals surface area contributed by atoms with E-state index < -0.39 is 15.6 Å². The average molecular weight is 363 g/mol. The Morgan fingerprint density at radius 1 is 0.375 bits per heavy atom. The molecule has 0 amide bonds. The quantitative estimate of drug-likeness (QED) is 0.290. The Morgan fingerprint density at radius 2 is 0.375 bits per heavy atom. The third-order valence-electron chi connectivity index (χ3n) is 0. The zero-order valence-electron chi connectivity index (χ0n) is 6.31. The molecule has 0 spiro atoms. The summed E-state index contributed by atoms with van der Waals surface area (Å²) in [6.07, 6.45) is 0. The molecule has 0 aliphatic carbocycles. The molecule has 0 heterocycles. The van der Waals surface area contributed by atoms with Gasteiger partial charge in [0.05, 0.1) is 0 Å². The molecule has 107 valence electrons. The zero-order chi connectivity index (χ0) is 12.8. The second-order valence-electron chi connectivity index (χ2n) is 1.92. The third-order valence-corrected chi connectivity index (χ3v) is 0. The van der Waals surface area contributed by atoms with E-state index in [1.807, 2.05) is 0 Å². The van der Waals surface area contributed by atoms with Gasteiger partial charge < -0.3 is 5.48 Å². The molecule has 0 aromatic carbocycles. The molecule has 0 aliphatic rings. The second kappa shape index (κ2) is 3.50. The Balaban J connectivity index is -0.0000000800. The van der Waals surface area contributed by atoms with E-state index in [1.165, 1.54) is 0 Å². The van der Waals surface area contributed by atoms with Crippen LogP contribution >= 0.6 is 15.6 Å². The van der Waals surface area contributed by atoms with Gasteiger partial charge in [0.25, 0.3) is 0 Å². The summed E-state index contributed by atoms with van der Waals surface area (Å²) in [6.45, 7) is 0. The largest absolute Gasteiger partial charge is 4.00 e. The molecule has 16 heteroatoms. The summed E-state index contributed by atoms with van der Waals surface area (Å²) in [4.78, 5) is 0. The van der Waals surface area contributed by atoms with Crippen LogP contribution in [0, 0.1) is 0 Å². The van der Waals surface area contributed by atoms with Crippen LogP contribution in [-0.2, 0) is 17.1 Å². The molecule has 0 aliphatic heterocycles. The van der Waals surface area contributed by atoms with Crippen molar-refractivity contribution in [1.82, 2.24) is 0 Å². The topological polar surface area (TPSA) is 31.5 Å². The smallest absolute Gasteiger partial charge is 0.412 e. The standard InChI is InChI=1S/2F6P.Mn.H2O/c2*1-7(2,3,4,5)6;;/h;;;1H2/q2*-1;+4;. The number of hydrogen-bond acceptors (Lipinski definition) is 0. The Kier molecular flexibility index (Phi) is 5.55. The third kappa shape index (κ3) is 10600. The molecule has 0 saturated carbocycles. The molecule has 1 radical (unpaired) electrons. The minimum Gasteiger partial charge on any atom is -0.412 e. The van der Waals surface area contributed by atoms with Gasteiger partial charge in [-0.25, -0.2) is 0 Å². The van der Waals surface area contributed by atoms with Gasteiger partial charge >= 0.3 is 83.0 Å². The second-order valence-corrected chi connectivity index (χ2v) is 5.75. The number of rotatable bonds is 0. The fourth-order valence-corrected chi connectivity index (χ4v) is 0. The molecule has 0 unspecified atom stereocenters. The van der Waals surface area contributed by atoms with Crippen LogP contribution in [0.2, 0.25) is 0 Å². The van der Waals surface area contributed by atoms with E-state index in [2.05, 4.69) is 0 Å². The van der Waals surface area contributed by atoms with E-state index in [1.54, 1.807) is 0 Å². The summed E-state index contributed by atoms with van der Waals surface area (Å²) in [5, 5.41) is 0. The van der Waals surface area contributed by atoms with E-state index in [0.717, 1.165) is 0 Å². The number of hydrogen-bond donors (Lipinski definition) is 0. The normalized spacial score (nSPS) is 20.2. The van der Waals surface area contributed by atoms with Crippen LogP contribution in [0.5, 0.6) is 0 Å². The van der Waals surface area contributed by atoms with Crippen molar-refractivity contribution in [3.8, 4) is 0 Å². The minimum absolute atomic E-state index is 0. The fourth-order valence-electron chi connectivity index (χ4n) is 0.